The van der Waals surface area contributed by atoms with Crippen LogP contribution >= 0.6 is 0 Å². The Morgan fingerprint density at radius 2 is 1.75 bits per heavy atom. The van der Waals surface area contributed by atoms with Crippen molar-refractivity contribution in [1.29, 1.82) is 0 Å². The predicted molar refractivity (Wildman–Crippen MR) is 95.4 cm³/mol. The van der Waals surface area contributed by atoms with Gasteiger partial charge in [0.25, 0.3) is 0 Å². The van der Waals surface area contributed by atoms with E-state index in [-0.39, 0.29) is 0 Å². The standard InChI is InChI=1S/C19H29N3O2/c1-17-5-4-6-18(15-17)24-14-13-20-9-11-21(12-10-20)16-19(23)22-7-2-3-8-22/h4-6,15H,2-3,7-14,16H2,1H3. The van der Waals surface area contributed by atoms with Gasteiger partial charge in [0.05, 0.1) is 6.54 Å². The number of amides is 1. The average molecular weight is 331 g/mol. The van der Waals surface area contributed by atoms with Crippen LogP contribution in [0.4, 0.5) is 0 Å². The number of likely N-dealkylation sites (tertiary alicyclic amines) is 1. The van der Waals surface area contributed by atoms with Crippen LogP contribution in [0.25, 0.3) is 0 Å². The Morgan fingerprint density at radius 1 is 1.04 bits per heavy atom. The molecular formula is C19H29N3O2. The van der Waals surface area contributed by atoms with Crippen molar-refractivity contribution in [3.8, 4) is 5.75 Å². The van der Waals surface area contributed by atoms with E-state index in [0.717, 1.165) is 58.2 Å². The molecule has 0 unspecified atom stereocenters. The highest BCUT2D eigenvalue weighted by Gasteiger charge is 2.23. The fraction of sp³-hybridized carbons (Fsp3) is 0.632. The highest BCUT2D eigenvalue weighted by Crippen LogP contribution is 2.13. The molecule has 0 aromatic heterocycles. The van der Waals surface area contributed by atoms with Gasteiger partial charge in [0, 0.05) is 45.8 Å². The summed E-state index contributed by atoms with van der Waals surface area (Å²) in [6.45, 7) is 10.2. The van der Waals surface area contributed by atoms with E-state index in [2.05, 4.69) is 28.9 Å². The SMILES string of the molecule is Cc1cccc(OCCN2CCN(CC(=O)N3CCCC3)CC2)c1. The molecule has 24 heavy (non-hydrogen) atoms. The van der Waals surface area contributed by atoms with Crippen LogP contribution in [-0.2, 0) is 4.79 Å². The second-order valence-electron chi connectivity index (χ2n) is 6.87. The van der Waals surface area contributed by atoms with Crippen molar-refractivity contribution < 1.29 is 9.53 Å². The maximum atomic E-state index is 12.2. The molecule has 2 heterocycles. The molecule has 3 rings (SSSR count). The van der Waals surface area contributed by atoms with E-state index >= 15 is 0 Å². The van der Waals surface area contributed by atoms with Crippen LogP contribution in [0, 0.1) is 6.92 Å². The van der Waals surface area contributed by atoms with Crippen LogP contribution in [0.5, 0.6) is 5.75 Å². The molecule has 0 spiro atoms. The fourth-order valence-electron chi connectivity index (χ4n) is 3.43. The fourth-order valence-corrected chi connectivity index (χ4v) is 3.43. The Bertz CT molecular complexity index is 535. The highest BCUT2D eigenvalue weighted by molar-refractivity contribution is 5.78. The van der Waals surface area contributed by atoms with E-state index in [4.69, 9.17) is 4.74 Å². The van der Waals surface area contributed by atoms with Crippen LogP contribution in [-0.4, -0.2) is 79.6 Å². The smallest absolute Gasteiger partial charge is 0.236 e. The lowest BCUT2D eigenvalue weighted by Gasteiger charge is -2.34. The summed E-state index contributed by atoms with van der Waals surface area (Å²) in [5.74, 6) is 1.26. The number of hydrogen-bond acceptors (Lipinski definition) is 4. The molecule has 0 atom stereocenters. The summed E-state index contributed by atoms with van der Waals surface area (Å²) in [5.41, 5.74) is 1.23. The Morgan fingerprint density at radius 3 is 2.46 bits per heavy atom. The summed E-state index contributed by atoms with van der Waals surface area (Å²) in [4.78, 5) is 18.9. The van der Waals surface area contributed by atoms with Crippen molar-refractivity contribution in [2.24, 2.45) is 0 Å². The maximum absolute atomic E-state index is 12.2. The number of benzene rings is 1. The van der Waals surface area contributed by atoms with E-state index in [9.17, 15) is 4.79 Å². The van der Waals surface area contributed by atoms with Gasteiger partial charge in [0.2, 0.25) is 5.91 Å². The van der Waals surface area contributed by atoms with Gasteiger partial charge in [-0.1, -0.05) is 12.1 Å². The molecule has 0 saturated carbocycles. The normalized spacial score (nSPS) is 19.6. The van der Waals surface area contributed by atoms with Gasteiger partial charge in [-0.25, -0.2) is 0 Å². The van der Waals surface area contributed by atoms with E-state index in [0.29, 0.717) is 12.5 Å². The van der Waals surface area contributed by atoms with Crippen LogP contribution in [0.2, 0.25) is 0 Å². The third-order valence-corrected chi connectivity index (χ3v) is 4.95. The van der Waals surface area contributed by atoms with Crippen LogP contribution in [0.3, 0.4) is 0 Å². The number of hydrogen-bond donors (Lipinski definition) is 0. The first kappa shape index (κ1) is 17.2. The average Bonchev–Trinajstić information content (AvgIpc) is 3.11. The molecule has 2 fully saturated rings. The van der Waals surface area contributed by atoms with Gasteiger partial charge >= 0.3 is 0 Å². The van der Waals surface area contributed by atoms with Crippen LogP contribution < -0.4 is 4.74 Å². The van der Waals surface area contributed by atoms with Gasteiger partial charge in [-0.15, -0.1) is 0 Å². The molecule has 132 valence electrons. The van der Waals surface area contributed by atoms with Crippen molar-refractivity contribution in [2.45, 2.75) is 19.8 Å². The molecule has 2 saturated heterocycles. The Labute approximate surface area is 145 Å². The zero-order chi connectivity index (χ0) is 16.8. The van der Waals surface area contributed by atoms with E-state index in [1.807, 2.05) is 17.0 Å². The lowest BCUT2D eigenvalue weighted by molar-refractivity contribution is -0.131. The number of piperazine rings is 1. The second-order valence-corrected chi connectivity index (χ2v) is 6.87. The molecule has 1 amide bonds. The lowest BCUT2D eigenvalue weighted by Crippen LogP contribution is -2.50. The Hall–Kier alpha value is -1.59. The molecule has 5 heteroatoms. The van der Waals surface area contributed by atoms with Gasteiger partial charge in [-0.05, 0) is 37.5 Å². The van der Waals surface area contributed by atoms with E-state index < -0.39 is 0 Å². The van der Waals surface area contributed by atoms with Crippen molar-refractivity contribution in [3.63, 3.8) is 0 Å². The Balaban J connectivity index is 1.32. The number of aryl methyl sites for hydroxylation is 1. The monoisotopic (exact) mass is 331 g/mol. The third-order valence-electron chi connectivity index (χ3n) is 4.95. The second kappa shape index (κ2) is 8.49. The molecule has 5 nitrogen and oxygen atoms in total. The molecule has 1 aromatic rings. The Kier molecular flexibility index (Phi) is 6.10. The van der Waals surface area contributed by atoms with E-state index in [1.54, 1.807) is 0 Å². The number of nitrogens with zero attached hydrogens (tertiary/aromatic N) is 3. The first-order valence-electron chi connectivity index (χ1n) is 9.13. The summed E-state index contributed by atoms with van der Waals surface area (Å²) >= 11 is 0. The van der Waals surface area contributed by atoms with Crippen LogP contribution in [0.1, 0.15) is 18.4 Å². The minimum Gasteiger partial charge on any atom is -0.492 e. The quantitative estimate of drug-likeness (QED) is 0.794. The minimum absolute atomic E-state index is 0.309. The molecule has 1 aromatic carbocycles. The van der Waals surface area contributed by atoms with Gasteiger partial charge in [-0.2, -0.15) is 0 Å². The minimum atomic E-state index is 0.309. The molecule has 2 aliphatic rings. The zero-order valence-electron chi connectivity index (χ0n) is 14.7. The molecule has 0 N–H and O–H groups in total. The van der Waals surface area contributed by atoms with Gasteiger partial charge in [-0.3, -0.25) is 14.6 Å². The van der Waals surface area contributed by atoms with Crippen molar-refractivity contribution in [1.82, 2.24) is 14.7 Å². The number of carbonyl (C=O) groups is 1. The molecular weight excluding hydrogens is 302 g/mol. The maximum Gasteiger partial charge on any atom is 0.236 e. The molecule has 0 radical (unpaired) electrons. The third kappa shape index (κ3) is 4.95. The number of rotatable bonds is 6. The van der Waals surface area contributed by atoms with Crippen molar-refractivity contribution in [3.05, 3.63) is 29.8 Å². The summed E-state index contributed by atoms with van der Waals surface area (Å²) in [5, 5.41) is 0. The predicted octanol–water partition coefficient (Wildman–Crippen LogP) is 1.61. The lowest BCUT2D eigenvalue weighted by atomic mass is 10.2. The van der Waals surface area contributed by atoms with Gasteiger partial charge in [0.15, 0.2) is 0 Å². The highest BCUT2D eigenvalue weighted by atomic mass is 16.5. The topological polar surface area (TPSA) is 36.0 Å². The van der Waals surface area contributed by atoms with Crippen molar-refractivity contribution >= 4 is 5.91 Å². The first-order chi connectivity index (χ1) is 11.7. The summed E-state index contributed by atoms with van der Waals surface area (Å²) in [7, 11) is 0. The molecule has 0 bridgehead atoms. The number of carbonyl (C=O) groups excluding carboxylic acids is 1. The first-order valence-corrected chi connectivity index (χ1v) is 9.13. The summed E-state index contributed by atoms with van der Waals surface area (Å²) < 4.78 is 5.83. The number of ether oxygens (including phenoxy) is 1. The summed E-state index contributed by atoms with van der Waals surface area (Å²) in [6.07, 6.45) is 2.33. The molecule has 0 aliphatic carbocycles. The van der Waals surface area contributed by atoms with E-state index in [1.165, 1.54) is 18.4 Å². The summed E-state index contributed by atoms with van der Waals surface area (Å²) in [6, 6.07) is 8.19. The van der Waals surface area contributed by atoms with Gasteiger partial charge in [0.1, 0.15) is 12.4 Å². The van der Waals surface area contributed by atoms with Crippen LogP contribution in [0.15, 0.2) is 24.3 Å². The largest absolute Gasteiger partial charge is 0.492 e. The molecule has 2 aliphatic heterocycles. The van der Waals surface area contributed by atoms with Crippen molar-refractivity contribution in [2.75, 3.05) is 59.0 Å². The zero-order valence-corrected chi connectivity index (χ0v) is 14.7. The van der Waals surface area contributed by atoms with Gasteiger partial charge < -0.3 is 9.64 Å².